The lowest BCUT2D eigenvalue weighted by atomic mass is 9.95. The standard InChI is InChI=1S/C27H27N3O4/c1-3-4-13-34-22-10-9-20(14-18(22)2)25(31)23-24(21-8-6-12-29-16-21)30(27(33)26(23)32)17-19-7-5-11-28-15-19/h5-12,14-16,24,31H,3-4,13,17H2,1-2H3/t24-/m0/s1. The molecular formula is C27H27N3O4. The van der Waals surface area contributed by atoms with Crippen LogP contribution in [0.1, 0.15) is 48.1 Å². The number of hydrogen-bond donors (Lipinski definition) is 1. The van der Waals surface area contributed by atoms with Gasteiger partial charge in [0.2, 0.25) is 0 Å². The molecule has 0 aliphatic carbocycles. The maximum Gasteiger partial charge on any atom is 0.295 e. The third-order valence-electron chi connectivity index (χ3n) is 5.82. The number of unbranched alkanes of at least 4 members (excludes halogenated alkanes) is 1. The molecule has 0 saturated carbocycles. The van der Waals surface area contributed by atoms with Gasteiger partial charge in [0.1, 0.15) is 11.5 Å². The Morgan fingerprint density at radius 1 is 1.09 bits per heavy atom. The third kappa shape index (κ3) is 4.69. The Labute approximate surface area is 198 Å². The minimum atomic E-state index is -0.769. The number of rotatable bonds is 8. The van der Waals surface area contributed by atoms with Crippen LogP contribution in [0.15, 0.2) is 72.8 Å². The molecule has 174 valence electrons. The van der Waals surface area contributed by atoms with Crippen LogP contribution in [0.25, 0.3) is 5.76 Å². The van der Waals surface area contributed by atoms with Crippen molar-refractivity contribution < 1.29 is 19.4 Å². The molecule has 3 aromatic rings. The fraction of sp³-hybridized carbons (Fsp3) is 0.259. The van der Waals surface area contributed by atoms with Crippen LogP contribution in [-0.2, 0) is 16.1 Å². The van der Waals surface area contributed by atoms with E-state index >= 15 is 0 Å². The fourth-order valence-electron chi connectivity index (χ4n) is 4.06. The first-order chi connectivity index (χ1) is 16.5. The normalized spacial score (nSPS) is 17.2. The van der Waals surface area contributed by atoms with Crippen LogP contribution in [0.3, 0.4) is 0 Å². The van der Waals surface area contributed by atoms with Gasteiger partial charge in [-0.3, -0.25) is 19.6 Å². The predicted molar refractivity (Wildman–Crippen MR) is 128 cm³/mol. The van der Waals surface area contributed by atoms with Gasteiger partial charge in [-0.2, -0.15) is 0 Å². The summed E-state index contributed by atoms with van der Waals surface area (Å²) in [6.07, 6.45) is 8.51. The predicted octanol–water partition coefficient (Wildman–Crippen LogP) is 4.59. The summed E-state index contributed by atoms with van der Waals surface area (Å²) in [5.41, 5.74) is 2.75. The van der Waals surface area contributed by atoms with Crippen molar-refractivity contribution in [2.24, 2.45) is 0 Å². The molecule has 0 unspecified atom stereocenters. The third-order valence-corrected chi connectivity index (χ3v) is 5.82. The Hall–Kier alpha value is -4.00. The van der Waals surface area contributed by atoms with E-state index in [0.717, 1.165) is 29.7 Å². The molecule has 1 aliphatic rings. The van der Waals surface area contributed by atoms with Gasteiger partial charge in [0.15, 0.2) is 0 Å². The molecule has 0 spiro atoms. The van der Waals surface area contributed by atoms with Gasteiger partial charge in [-0.05, 0) is 60.4 Å². The molecule has 1 N–H and O–H groups in total. The fourth-order valence-corrected chi connectivity index (χ4v) is 4.06. The van der Waals surface area contributed by atoms with Crippen molar-refractivity contribution in [3.05, 3.63) is 95.1 Å². The van der Waals surface area contributed by atoms with Crippen molar-refractivity contribution in [2.75, 3.05) is 6.61 Å². The molecule has 7 nitrogen and oxygen atoms in total. The second-order valence-electron chi connectivity index (χ2n) is 8.26. The van der Waals surface area contributed by atoms with Gasteiger partial charge >= 0.3 is 0 Å². The van der Waals surface area contributed by atoms with E-state index in [1.54, 1.807) is 61.2 Å². The summed E-state index contributed by atoms with van der Waals surface area (Å²) in [4.78, 5) is 36.0. The van der Waals surface area contributed by atoms with Gasteiger partial charge in [-0.1, -0.05) is 25.5 Å². The van der Waals surface area contributed by atoms with Crippen LogP contribution in [0.5, 0.6) is 5.75 Å². The van der Waals surface area contributed by atoms with Crippen LogP contribution in [-0.4, -0.2) is 38.3 Å². The Bertz CT molecular complexity index is 1210. The summed E-state index contributed by atoms with van der Waals surface area (Å²) in [6.45, 7) is 4.78. The van der Waals surface area contributed by atoms with E-state index in [0.29, 0.717) is 17.7 Å². The van der Waals surface area contributed by atoms with E-state index in [9.17, 15) is 14.7 Å². The van der Waals surface area contributed by atoms with Gasteiger partial charge in [0.05, 0.1) is 18.2 Å². The highest BCUT2D eigenvalue weighted by Crippen LogP contribution is 2.40. The number of ketones is 1. The van der Waals surface area contributed by atoms with E-state index in [-0.39, 0.29) is 17.9 Å². The maximum absolute atomic E-state index is 13.2. The Morgan fingerprint density at radius 2 is 1.85 bits per heavy atom. The summed E-state index contributed by atoms with van der Waals surface area (Å²) >= 11 is 0. The van der Waals surface area contributed by atoms with Gasteiger partial charge < -0.3 is 14.7 Å². The van der Waals surface area contributed by atoms with Crippen molar-refractivity contribution in [2.45, 2.75) is 39.3 Å². The lowest BCUT2D eigenvalue weighted by Gasteiger charge is -2.25. The van der Waals surface area contributed by atoms with E-state index in [1.807, 2.05) is 13.0 Å². The Balaban J connectivity index is 1.76. The van der Waals surface area contributed by atoms with Crippen molar-refractivity contribution in [3.8, 4) is 5.75 Å². The number of Topliss-reactive ketones (excluding diaryl/α,β-unsaturated/α-hetero) is 1. The van der Waals surface area contributed by atoms with Crippen LogP contribution in [0.4, 0.5) is 0 Å². The van der Waals surface area contributed by atoms with Crippen molar-refractivity contribution >= 4 is 17.4 Å². The van der Waals surface area contributed by atoms with Crippen molar-refractivity contribution in [3.63, 3.8) is 0 Å². The summed E-state index contributed by atoms with van der Waals surface area (Å²) in [5, 5.41) is 11.3. The van der Waals surface area contributed by atoms with E-state index < -0.39 is 17.7 Å². The van der Waals surface area contributed by atoms with Crippen LogP contribution in [0, 0.1) is 6.92 Å². The molecular weight excluding hydrogens is 430 g/mol. The number of aromatic nitrogens is 2. The minimum absolute atomic E-state index is 0.0425. The number of pyridine rings is 2. The summed E-state index contributed by atoms with van der Waals surface area (Å²) in [7, 11) is 0. The molecule has 0 radical (unpaired) electrons. The summed E-state index contributed by atoms with van der Waals surface area (Å²) in [6, 6.07) is 11.6. The molecule has 1 amide bonds. The van der Waals surface area contributed by atoms with Crippen molar-refractivity contribution in [1.29, 1.82) is 0 Å². The molecule has 2 aromatic heterocycles. The highest BCUT2D eigenvalue weighted by molar-refractivity contribution is 6.46. The highest BCUT2D eigenvalue weighted by atomic mass is 16.5. The summed E-state index contributed by atoms with van der Waals surface area (Å²) in [5.74, 6) is -0.887. The maximum atomic E-state index is 13.2. The number of amides is 1. The van der Waals surface area contributed by atoms with Crippen LogP contribution >= 0.6 is 0 Å². The van der Waals surface area contributed by atoms with E-state index in [4.69, 9.17) is 4.74 Å². The first kappa shape index (κ1) is 23.2. The van der Waals surface area contributed by atoms with Gasteiger partial charge in [-0.15, -0.1) is 0 Å². The molecule has 34 heavy (non-hydrogen) atoms. The Kier molecular flexibility index (Phi) is 7.01. The summed E-state index contributed by atoms with van der Waals surface area (Å²) < 4.78 is 5.81. The molecule has 4 rings (SSSR count). The number of benzene rings is 1. The number of carbonyl (C=O) groups excluding carboxylic acids is 2. The monoisotopic (exact) mass is 457 g/mol. The van der Waals surface area contributed by atoms with E-state index in [2.05, 4.69) is 16.9 Å². The molecule has 1 fully saturated rings. The smallest absolute Gasteiger partial charge is 0.295 e. The first-order valence-electron chi connectivity index (χ1n) is 11.3. The van der Waals surface area contributed by atoms with Gasteiger partial charge in [-0.25, -0.2) is 0 Å². The zero-order valence-electron chi connectivity index (χ0n) is 19.3. The molecule has 1 aromatic carbocycles. The first-order valence-corrected chi connectivity index (χ1v) is 11.3. The molecule has 1 saturated heterocycles. The zero-order valence-corrected chi connectivity index (χ0v) is 19.3. The second kappa shape index (κ2) is 10.3. The number of aryl methyl sites for hydroxylation is 1. The number of ether oxygens (including phenoxy) is 1. The average Bonchev–Trinajstić information content (AvgIpc) is 3.11. The molecule has 7 heteroatoms. The van der Waals surface area contributed by atoms with Gasteiger partial charge in [0.25, 0.3) is 11.7 Å². The topological polar surface area (TPSA) is 92.6 Å². The second-order valence-corrected chi connectivity index (χ2v) is 8.26. The highest BCUT2D eigenvalue weighted by Gasteiger charge is 2.46. The SMILES string of the molecule is CCCCOc1ccc(C(O)=C2C(=O)C(=O)N(Cc3cccnc3)[C@H]2c2cccnc2)cc1C. The average molecular weight is 458 g/mol. The number of likely N-dealkylation sites (tertiary alicyclic amines) is 1. The molecule has 0 bridgehead atoms. The zero-order chi connectivity index (χ0) is 24.1. The molecule has 1 aliphatic heterocycles. The minimum Gasteiger partial charge on any atom is -0.507 e. The number of carbonyl (C=O) groups is 2. The van der Waals surface area contributed by atoms with Gasteiger partial charge in [0, 0.05) is 36.9 Å². The largest absolute Gasteiger partial charge is 0.507 e. The number of aliphatic hydroxyl groups excluding tert-OH is 1. The number of nitrogens with zero attached hydrogens (tertiary/aromatic N) is 3. The number of aliphatic hydroxyl groups is 1. The Morgan fingerprint density at radius 3 is 2.50 bits per heavy atom. The van der Waals surface area contributed by atoms with Crippen molar-refractivity contribution in [1.82, 2.24) is 14.9 Å². The van der Waals surface area contributed by atoms with Crippen LogP contribution < -0.4 is 4.74 Å². The lowest BCUT2D eigenvalue weighted by Crippen LogP contribution is -2.29. The molecule has 1 atom stereocenters. The van der Waals surface area contributed by atoms with Crippen LogP contribution in [0.2, 0.25) is 0 Å². The quantitative estimate of drug-likeness (QED) is 0.230. The molecule has 3 heterocycles. The lowest BCUT2D eigenvalue weighted by molar-refractivity contribution is -0.140. The van der Waals surface area contributed by atoms with E-state index in [1.165, 1.54) is 4.90 Å². The number of hydrogen-bond acceptors (Lipinski definition) is 6.